The first kappa shape index (κ1) is 70.9. The predicted octanol–water partition coefficient (Wildman–Crippen LogP) is 10.8. The number of hydrogen-bond donors (Lipinski definition) is 1. The van der Waals surface area contributed by atoms with Crippen LogP contribution in [-0.2, 0) is 105 Å². The lowest BCUT2D eigenvalue weighted by Crippen LogP contribution is -2.34. The first-order chi connectivity index (χ1) is 39.7. The van der Waals surface area contributed by atoms with Gasteiger partial charge in [-0.05, 0) is 149 Å². The lowest BCUT2D eigenvalue weighted by atomic mass is 9.93. The van der Waals surface area contributed by atoms with Crippen LogP contribution in [0.3, 0.4) is 0 Å². The Hall–Kier alpha value is -6.87. The lowest BCUT2D eigenvalue weighted by molar-refractivity contribution is -0.144. The molecule has 3 aliphatic rings. The van der Waals surface area contributed by atoms with Gasteiger partial charge in [0, 0.05) is 11.5 Å². The average molecular weight is 1330 g/mol. The van der Waals surface area contributed by atoms with Crippen LogP contribution in [-0.4, -0.2) is 101 Å². The molecule has 4 aromatic carbocycles. The molecule has 0 atom stereocenters. The number of halogens is 12. The molecule has 3 fully saturated rings. The first-order valence-corrected chi connectivity index (χ1v) is 31.5. The molecule has 478 valence electrons. The summed E-state index contributed by atoms with van der Waals surface area (Å²) in [6.07, 6.45) is -17.9. The highest BCUT2D eigenvalue weighted by Crippen LogP contribution is 2.50. The van der Waals surface area contributed by atoms with E-state index in [1.54, 1.807) is 13.0 Å². The Balaban J connectivity index is 0.000000215. The number of esters is 2. The molecule has 33 heteroatoms. The summed E-state index contributed by atoms with van der Waals surface area (Å²) in [5, 5.41) is 12.8. The maximum atomic E-state index is 12.9. The van der Waals surface area contributed by atoms with Gasteiger partial charge in [-0.2, -0.15) is 52.7 Å². The third-order valence-corrected chi connectivity index (χ3v) is 22.6. The van der Waals surface area contributed by atoms with E-state index < -0.39 is 135 Å². The number of carboxylic acids is 1. The largest absolute Gasteiger partial charge is 0.480 e. The average Bonchev–Trinajstić information content (AvgIpc) is 1.60. The molecule has 1 heterocycles. The van der Waals surface area contributed by atoms with E-state index in [4.69, 9.17) is 14.4 Å². The van der Waals surface area contributed by atoms with E-state index in [-0.39, 0.29) is 78.3 Å². The molecule has 0 radical (unpaired) electrons. The maximum absolute atomic E-state index is 12.9. The highest BCUT2D eigenvalue weighted by Gasteiger charge is 2.64. The highest BCUT2D eigenvalue weighted by atomic mass is 32.2. The van der Waals surface area contributed by atoms with E-state index in [0.29, 0.717) is 60.0 Å². The van der Waals surface area contributed by atoms with Crippen LogP contribution in [0.25, 0.3) is 0 Å². The van der Waals surface area contributed by atoms with Crippen LogP contribution < -0.4 is 0 Å². The Morgan fingerprint density at radius 1 is 0.494 bits per heavy atom. The molecule has 0 unspecified atom stereocenters. The molecule has 87 heavy (non-hydrogen) atoms. The fourth-order valence-corrected chi connectivity index (χ4v) is 14.7. The number of carbonyl (C=O) groups excluding carboxylic acids is 3. The van der Waals surface area contributed by atoms with Crippen LogP contribution >= 0.6 is 0 Å². The Kier molecular flexibility index (Phi) is 20.6. The van der Waals surface area contributed by atoms with Crippen molar-refractivity contribution in [2.75, 3.05) is 19.0 Å². The molecule has 1 N–H and O–H groups in total. The Morgan fingerprint density at radius 3 is 1.08 bits per heavy atom. The number of benzene rings is 4. The topological polar surface area (TPSA) is 270 Å². The zero-order valence-electron chi connectivity index (χ0n) is 46.1. The smallest absolute Gasteiger partial charge is 0.416 e. The molecule has 0 saturated heterocycles. The van der Waals surface area contributed by atoms with Gasteiger partial charge in [0.2, 0.25) is 0 Å². The fraction of sp³-hybridized carbons (Fsp3) is 0.426. The van der Waals surface area contributed by atoms with Crippen LogP contribution in [0.1, 0.15) is 107 Å². The second-order valence-corrected chi connectivity index (χ2v) is 29.5. The molecule has 0 amide bonds. The van der Waals surface area contributed by atoms with Crippen molar-refractivity contribution < 1.29 is 125 Å². The van der Waals surface area contributed by atoms with Crippen molar-refractivity contribution in [1.82, 2.24) is 5.16 Å². The van der Waals surface area contributed by atoms with Crippen LogP contribution in [0.2, 0.25) is 0 Å². The van der Waals surface area contributed by atoms with E-state index >= 15 is 0 Å². The summed E-state index contributed by atoms with van der Waals surface area (Å²) in [4.78, 5) is 45.3. The summed E-state index contributed by atoms with van der Waals surface area (Å²) in [6, 6.07) is 13.7. The number of aromatic nitrogens is 1. The summed E-state index contributed by atoms with van der Waals surface area (Å²) in [5.74, 6) is -4.10. The van der Waals surface area contributed by atoms with E-state index in [9.17, 15) is 106 Å². The quantitative estimate of drug-likeness (QED) is 0.0710. The van der Waals surface area contributed by atoms with Gasteiger partial charge in [0.1, 0.15) is 10.5 Å². The van der Waals surface area contributed by atoms with Crippen LogP contribution in [0.4, 0.5) is 52.7 Å². The first-order valence-electron chi connectivity index (χ1n) is 25.4. The number of hydrogen-bond acceptors (Lipinski definition) is 16. The number of alkyl halides is 12. The van der Waals surface area contributed by atoms with E-state index in [1.807, 2.05) is 20.8 Å². The Bertz CT molecular complexity index is 3790. The zero-order valence-corrected chi connectivity index (χ0v) is 49.3. The zero-order chi connectivity index (χ0) is 66.0. The molecule has 17 nitrogen and oxygen atoms in total. The van der Waals surface area contributed by atoms with Crippen molar-refractivity contribution in [2.24, 2.45) is 0 Å². The van der Waals surface area contributed by atoms with Crippen molar-refractivity contribution in [3.8, 4) is 0 Å². The predicted molar refractivity (Wildman–Crippen MR) is 280 cm³/mol. The summed E-state index contributed by atoms with van der Waals surface area (Å²) >= 11 is 0. The van der Waals surface area contributed by atoms with Gasteiger partial charge in [0.05, 0.1) is 67.2 Å². The number of Topliss-reactive ketones (excluding diaryl/α,β-unsaturated/α-hetero) is 1. The summed E-state index contributed by atoms with van der Waals surface area (Å²) in [5.41, 5.74) is -3.79. The van der Waals surface area contributed by atoms with Crippen molar-refractivity contribution in [2.45, 2.75) is 144 Å². The molecule has 1 aromatic heterocycles. The van der Waals surface area contributed by atoms with Crippen LogP contribution in [0.15, 0.2) is 127 Å². The number of rotatable bonds is 16. The van der Waals surface area contributed by atoms with Crippen LogP contribution in [0.5, 0.6) is 0 Å². The molecule has 8 rings (SSSR count). The molecular weight excluding hydrogens is 1270 g/mol. The van der Waals surface area contributed by atoms with E-state index in [1.165, 1.54) is 6.92 Å². The van der Waals surface area contributed by atoms with Gasteiger partial charge < -0.3 is 19.1 Å². The molecular formula is C54H53F12NO16S4. The summed E-state index contributed by atoms with van der Waals surface area (Å²) in [6.45, 7) is 8.88. The van der Waals surface area contributed by atoms with Crippen LogP contribution in [0, 0.1) is 0 Å². The Labute approximate surface area is 490 Å². The number of carbonyl (C=O) groups is 4. The van der Waals surface area contributed by atoms with E-state index in [0.717, 1.165) is 48.5 Å². The van der Waals surface area contributed by atoms with Gasteiger partial charge in [-0.3, -0.25) is 19.2 Å². The molecule has 5 aromatic rings. The lowest BCUT2D eigenvalue weighted by Gasteiger charge is -2.15. The number of carboxylic acid groups (broad SMARTS) is 1. The normalized spacial score (nSPS) is 16.2. The van der Waals surface area contributed by atoms with Gasteiger partial charge in [-0.1, -0.05) is 25.9 Å². The number of sulfone groups is 4. The summed E-state index contributed by atoms with van der Waals surface area (Å²) < 4.78 is 257. The third kappa shape index (κ3) is 16.1. The van der Waals surface area contributed by atoms with Gasteiger partial charge in [0.15, 0.2) is 60.4 Å². The third-order valence-electron chi connectivity index (χ3n) is 13.5. The van der Waals surface area contributed by atoms with Crippen molar-refractivity contribution >= 4 is 63.0 Å². The number of ketones is 1. The molecule has 0 aliphatic heterocycles. The second-order valence-electron chi connectivity index (χ2n) is 20.7. The molecule has 0 bridgehead atoms. The van der Waals surface area contributed by atoms with Gasteiger partial charge in [0.25, 0.3) is 0 Å². The minimum atomic E-state index is -4.56. The Morgan fingerprint density at radius 2 is 0.805 bits per heavy atom. The van der Waals surface area contributed by atoms with Gasteiger partial charge in [-0.25, -0.2) is 33.7 Å². The van der Waals surface area contributed by atoms with Crippen molar-refractivity contribution in [3.63, 3.8) is 0 Å². The number of aliphatic carboxylic acids is 1. The molecule has 3 saturated carbocycles. The van der Waals surface area contributed by atoms with Gasteiger partial charge in [-0.15, -0.1) is 0 Å². The minimum absolute atomic E-state index is 0.0221. The monoisotopic (exact) mass is 1330 g/mol. The number of nitrogens with zero attached hydrogens (tertiary/aromatic N) is 1. The second kappa shape index (κ2) is 25.3. The minimum Gasteiger partial charge on any atom is -0.480 e. The van der Waals surface area contributed by atoms with Crippen molar-refractivity contribution in [1.29, 1.82) is 0 Å². The SMILES string of the molecule is CC(C)(C)c1cc(CC(=O)C2(S(=O)(=O)c3ccc(C(F)(F)F)cc3)CC2)no1.CCOC(=O)C1(S(=O)(=O)c2ccc(C(F)(F)F)cc2)CC1.CCOC(=O)CS(=O)(=O)c1ccc(C(F)(F)F)cc1.O=C(O)C1(S(=O)(=O)c2ccc(C(F)(F)F)cc2)CC1. The number of ether oxygens (including phenoxy) is 2. The highest BCUT2D eigenvalue weighted by molar-refractivity contribution is 7.94. The fourth-order valence-electron chi connectivity index (χ4n) is 7.99. The van der Waals surface area contributed by atoms with Crippen molar-refractivity contribution in [3.05, 3.63) is 137 Å². The maximum Gasteiger partial charge on any atom is 0.416 e. The molecule has 3 aliphatic carbocycles. The van der Waals surface area contributed by atoms with E-state index in [2.05, 4.69) is 9.89 Å². The molecule has 0 spiro atoms. The van der Waals surface area contributed by atoms with Gasteiger partial charge >= 0.3 is 42.6 Å². The summed E-state index contributed by atoms with van der Waals surface area (Å²) in [7, 11) is -16.3. The standard InChI is InChI=1S/C19H20F3NO4S.C13H13F3O4S.C11H9F3O4S.C11H11F3O4S/c1-17(2,3)16-11-13(23-27-16)10-15(24)18(8-9-18)28(25,26)14-6-4-12(5-7-14)19(20,21)22;1-2-20-11(17)12(7-8-12)21(18,19)10-5-3-9(4-6-10)13(14,15)16;12-11(13,14)7-1-3-8(4-2-7)19(17,18)10(5-6-10)9(15)16;1-2-18-10(15)7-19(16,17)9-5-3-8(4-6-9)11(12,13)14/h4-7,11H,8-10H2,1-3H3;3-6H,2,7-8H2,1H3;1-4H,5-6H2,(H,15,16);3-6H,2,7H2,1H3.